The van der Waals surface area contributed by atoms with E-state index >= 15 is 0 Å². The lowest BCUT2D eigenvalue weighted by atomic mass is 10.0. The fourth-order valence-electron chi connectivity index (χ4n) is 10.4. The number of fused-ring (bicyclic) bond motifs is 4. The summed E-state index contributed by atoms with van der Waals surface area (Å²) in [5.41, 5.74) is 32.5. The largest absolute Gasteiger partial charge is 0.481 e. The average Bonchev–Trinajstić information content (AvgIpc) is 0.818. The Bertz CT molecular complexity index is 5460. The van der Waals surface area contributed by atoms with Crippen LogP contribution in [0.3, 0.4) is 0 Å². The third kappa shape index (κ3) is 22.2. The van der Waals surface area contributed by atoms with Crippen LogP contribution in [0, 0.1) is 47.4 Å². The van der Waals surface area contributed by atoms with E-state index in [1.807, 2.05) is 42.5 Å². The highest BCUT2D eigenvalue weighted by Gasteiger charge is 2.14. The number of aliphatic hydroxyl groups is 2. The van der Waals surface area contributed by atoms with Crippen LogP contribution in [0.4, 0.5) is 23.3 Å². The van der Waals surface area contributed by atoms with Crippen molar-refractivity contribution in [3.8, 4) is 47.4 Å². The second-order valence-corrected chi connectivity index (χ2v) is 25.3. The Labute approximate surface area is 634 Å². The maximum absolute atomic E-state index is 12.2. The second kappa shape index (κ2) is 38.3. The zero-order valence-corrected chi connectivity index (χ0v) is 59.8. The number of benzene rings is 7. The molecule has 0 aliphatic heterocycles. The Hall–Kier alpha value is -12.6. The summed E-state index contributed by atoms with van der Waals surface area (Å²) in [6.07, 6.45) is 11.3. The molecule has 0 aliphatic rings. The minimum atomic E-state index is -0.843. The van der Waals surface area contributed by atoms with Crippen LogP contribution in [-0.2, 0) is 9.59 Å². The van der Waals surface area contributed by atoms with Crippen LogP contribution in [-0.4, -0.2) is 93.7 Å². The number of pyridine rings is 5. The second-order valence-electron chi connectivity index (χ2n) is 23.5. The molecule has 0 unspecified atom stereocenters. The summed E-state index contributed by atoms with van der Waals surface area (Å²) in [5.74, 6) is 23.5. The van der Waals surface area contributed by atoms with E-state index in [0.717, 1.165) is 59.8 Å². The van der Waals surface area contributed by atoms with E-state index in [1.165, 1.54) is 12.3 Å². The highest BCUT2D eigenvalue weighted by molar-refractivity contribution is 6.32. The molecule has 0 atom stereocenters. The van der Waals surface area contributed by atoms with Crippen LogP contribution in [0.1, 0.15) is 137 Å². The molecule has 1 amide bonds. The van der Waals surface area contributed by atoms with E-state index in [4.69, 9.17) is 89.9 Å². The zero-order chi connectivity index (χ0) is 76.5. The number of nitrogens with two attached hydrogens (primary N) is 4. The van der Waals surface area contributed by atoms with Gasteiger partial charge in [-0.25, -0.2) is 25.4 Å². The maximum Gasteiger partial charge on any atom is 0.303 e. The monoisotopic (exact) mass is 1500 g/mol. The number of hydroxylamine groups is 1. The lowest BCUT2D eigenvalue weighted by Crippen LogP contribution is -2.17. The third-order valence-corrected chi connectivity index (χ3v) is 17.0. The summed E-state index contributed by atoms with van der Waals surface area (Å²) in [4.78, 5) is 89.3. The van der Waals surface area contributed by atoms with Crippen molar-refractivity contribution < 1.29 is 49.3 Å². The number of carboxylic acid groups (broad SMARTS) is 1. The van der Waals surface area contributed by atoms with E-state index in [-0.39, 0.29) is 35.9 Å². The first-order valence-corrected chi connectivity index (χ1v) is 34.3. The number of aromatic nitrogens is 5. The minimum Gasteiger partial charge on any atom is -0.481 e. The molecule has 20 nitrogen and oxygen atoms in total. The number of carbonyl (C=O) groups is 6. The van der Waals surface area contributed by atoms with Crippen molar-refractivity contribution >= 4 is 148 Å². The summed E-state index contributed by atoms with van der Waals surface area (Å²) in [5, 5.41) is 44.1. The fraction of sp³-hybridized carbons (Fsp3) is 0.120. The number of carboxylic acids is 1. The zero-order valence-electron chi connectivity index (χ0n) is 56.8. The Morgan fingerprint density at radius 3 is 0.944 bits per heavy atom. The van der Waals surface area contributed by atoms with Gasteiger partial charge in [-0.2, -0.15) is 0 Å². The molecule has 5 heterocycles. The molecule has 12 rings (SSSR count). The molecule has 0 spiro atoms. The number of halogens is 4. The number of nitrogens with one attached hydrogen (secondary N) is 1. The van der Waals surface area contributed by atoms with Gasteiger partial charge in [0, 0.05) is 159 Å². The lowest BCUT2D eigenvalue weighted by molar-refractivity contribution is -0.137. The van der Waals surface area contributed by atoms with Crippen LogP contribution in [0.15, 0.2) is 189 Å². The number of rotatable bonds is 16. The van der Waals surface area contributed by atoms with E-state index in [9.17, 15) is 28.8 Å². The predicted molar refractivity (Wildman–Crippen MR) is 418 cm³/mol. The van der Waals surface area contributed by atoms with Gasteiger partial charge < -0.3 is 38.3 Å². The quantitative estimate of drug-likeness (QED) is 0.0143. The number of ketones is 4. The number of aliphatic hydroxyl groups excluding tert-OH is 2. The van der Waals surface area contributed by atoms with Crippen molar-refractivity contribution in [3.63, 3.8) is 0 Å². The molecule has 0 saturated heterocycles. The van der Waals surface area contributed by atoms with Gasteiger partial charge in [-0.1, -0.05) is 154 Å². The average molecular weight is 1500 g/mol. The molecular weight excluding hydrogens is 1440 g/mol. The lowest BCUT2D eigenvalue weighted by Gasteiger charge is -2.04. The van der Waals surface area contributed by atoms with Gasteiger partial charge in [-0.3, -0.25) is 39.0 Å². The Balaban J connectivity index is 0.000000166. The van der Waals surface area contributed by atoms with Gasteiger partial charge in [0.25, 0.3) is 0 Å². The molecule has 107 heavy (non-hydrogen) atoms. The summed E-state index contributed by atoms with van der Waals surface area (Å²) >= 11 is 24.3. The SMILES string of the molecule is Nc1ncc2ccc(Cl)cc2c1C#Cc1ccc(C(=O)CCCCC(=O)NO)cc1.Nc1ncc2ccc(Cl)cc2c1C#Cc1ccc(C(=O)CCCCC(=O)O)cc1.Nc1ncc2ccc(Cl)cc2c1C#Cc1ccc(C(=O)CO)cc1.Nc1ncc2ccc(Cl)cc2c1C#Cc1ccc(C(=O)CO)nc1. The predicted octanol–water partition coefficient (Wildman–Crippen LogP) is 14.3. The molecule has 13 N–H and O–H groups in total. The molecule has 7 aromatic carbocycles. The Morgan fingerprint density at radius 1 is 0.346 bits per heavy atom. The molecule has 5 aromatic heterocycles. The van der Waals surface area contributed by atoms with Crippen LogP contribution in [0.2, 0.25) is 20.1 Å². The van der Waals surface area contributed by atoms with Crippen LogP contribution in [0.5, 0.6) is 0 Å². The van der Waals surface area contributed by atoms with E-state index in [1.54, 1.807) is 139 Å². The number of Topliss-reactive ketones (excluding diaryl/α,β-unsaturated/α-hetero) is 4. The van der Waals surface area contributed by atoms with Crippen LogP contribution >= 0.6 is 46.4 Å². The molecule has 0 bridgehead atoms. The van der Waals surface area contributed by atoms with Gasteiger partial charge in [0.15, 0.2) is 17.3 Å². The van der Waals surface area contributed by atoms with E-state index in [2.05, 4.69) is 72.3 Å². The van der Waals surface area contributed by atoms with E-state index in [0.29, 0.717) is 126 Å². The fourth-order valence-corrected chi connectivity index (χ4v) is 11.1. The first-order valence-electron chi connectivity index (χ1n) is 32.8. The first kappa shape index (κ1) is 78.6. The highest BCUT2D eigenvalue weighted by atomic mass is 35.5. The number of unbranched alkanes of at least 4 members (excludes halogenated alkanes) is 2. The van der Waals surface area contributed by atoms with Gasteiger partial charge in [-0.15, -0.1) is 0 Å². The molecule has 0 radical (unpaired) electrons. The third-order valence-electron chi connectivity index (χ3n) is 16.0. The summed E-state index contributed by atoms with van der Waals surface area (Å²) < 4.78 is 0. The van der Waals surface area contributed by atoms with Gasteiger partial charge in [-0.05, 0) is 123 Å². The number of hydrogen-bond acceptors (Lipinski definition) is 18. The molecule has 534 valence electrons. The number of hydrogen-bond donors (Lipinski definition) is 9. The van der Waals surface area contributed by atoms with Gasteiger partial charge in [0.1, 0.15) is 42.2 Å². The smallest absolute Gasteiger partial charge is 0.303 e. The van der Waals surface area contributed by atoms with Crippen LogP contribution in [0.25, 0.3) is 43.1 Å². The van der Waals surface area contributed by atoms with Gasteiger partial charge in [0.05, 0.1) is 22.3 Å². The van der Waals surface area contributed by atoms with Gasteiger partial charge >= 0.3 is 5.97 Å². The molecule has 0 fully saturated rings. The number of aliphatic carboxylic acids is 1. The number of carbonyl (C=O) groups excluding carboxylic acids is 5. The number of nitrogen functional groups attached to an aromatic ring is 4. The van der Waals surface area contributed by atoms with Crippen molar-refractivity contribution in [2.24, 2.45) is 0 Å². The Morgan fingerprint density at radius 2 is 0.645 bits per heavy atom. The molecule has 0 saturated carbocycles. The number of amides is 1. The van der Waals surface area contributed by atoms with Crippen molar-refractivity contribution in [1.82, 2.24) is 30.4 Å². The highest BCUT2D eigenvalue weighted by Crippen LogP contribution is 2.30. The summed E-state index contributed by atoms with van der Waals surface area (Å²) in [6, 6.07) is 45.7. The number of nitrogens with zero attached hydrogens (tertiary/aromatic N) is 5. The van der Waals surface area contributed by atoms with Crippen molar-refractivity contribution in [1.29, 1.82) is 0 Å². The Kier molecular flexibility index (Phi) is 28.1. The summed E-state index contributed by atoms with van der Waals surface area (Å²) in [7, 11) is 0. The standard InChI is InChI=1S/C23H20ClN3O3.C23H19ClN2O3.C19H13ClN2O2.C18H12ClN3O2/c24-18-11-10-17-14-26-23(25)19(20(17)13-18)12-7-15-5-8-16(9-6-15)21(28)3-1-2-4-22(29)27-30;24-18-11-10-17-14-26-23(25)19(20(17)13-18)12-7-15-5-8-16(9-6-15)21(27)3-1-2-4-22(28)29;20-15-7-6-14-10-22-19(21)16(17(14)9-15)8-3-12-1-4-13(5-2-12)18(24)11-23;19-13-4-3-12-9-22-18(20)14(15(12)7-13)5-1-11-2-6-16(21-8-11)17(24)10-23/h5-6,8-11,13-14,30H,1-4H2,(H2,25,26)(H,27,29);5-6,8-11,13-14H,1-4H2,(H2,25,26)(H,28,29);1-2,4-7,9-10,23H,11H2,(H2,21,22);2-4,6-9,23H,10H2,(H2,20,22). The van der Waals surface area contributed by atoms with Crippen molar-refractivity contribution in [3.05, 3.63) is 276 Å². The topological polar surface area (TPSA) is 364 Å². The molecular formula is C83H64Cl4N10O10. The van der Waals surface area contributed by atoms with Gasteiger partial charge in [0.2, 0.25) is 11.7 Å². The van der Waals surface area contributed by atoms with Crippen molar-refractivity contribution in [2.75, 3.05) is 36.1 Å². The molecule has 12 aromatic rings. The van der Waals surface area contributed by atoms with Crippen LogP contribution < -0.4 is 28.4 Å². The minimum absolute atomic E-state index is 0.00365. The number of anilines is 4. The molecule has 0 aliphatic carbocycles. The van der Waals surface area contributed by atoms with E-state index < -0.39 is 30.9 Å². The normalized spacial score (nSPS) is 10.3. The first-order chi connectivity index (χ1) is 51.6. The van der Waals surface area contributed by atoms with Crippen molar-refractivity contribution in [2.45, 2.75) is 51.4 Å². The maximum atomic E-state index is 12.2. The summed E-state index contributed by atoms with van der Waals surface area (Å²) in [6.45, 7) is -1.08. The molecule has 24 heteroatoms.